The van der Waals surface area contributed by atoms with Crippen LogP contribution < -0.4 is 10.6 Å². The van der Waals surface area contributed by atoms with Gasteiger partial charge >= 0.3 is 0 Å². The summed E-state index contributed by atoms with van der Waals surface area (Å²) >= 11 is 0. The molecular weight excluding hydrogens is 214 g/mol. The second-order valence-corrected chi connectivity index (χ2v) is 5.32. The highest BCUT2D eigenvalue weighted by Crippen LogP contribution is 2.20. The number of nitrogens with zero attached hydrogens (tertiary/aromatic N) is 1. The monoisotopic (exact) mass is 243 g/mol. The first kappa shape index (κ1) is 16.2. The third-order valence-corrected chi connectivity index (χ3v) is 2.75. The summed E-state index contributed by atoms with van der Waals surface area (Å²) in [6.07, 6.45) is 2.52. The van der Waals surface area contributed by atoms with Crippen molar-refractivity contribution >= 4 is 5.96 Å². The van der Waals surface area contributed by atoms with Gasteiger partial charge in [0, 0.05) is 27.2 Å². The predicted octanol–water partition coefficient (Wildman–Crippen LogP) is 2.01. The SMILES string of the molecule is CCCCNC(=NC)NCC(OC)C(C)(C)C. The molecule has 0 bridgehead atoms. The van der Waals surface area contributed by atoms with Crippen molar-refractivity contribution in [2.24, 2.45) is 10.4 Å². The summed E-state index contributed by atoms with van der Waals surface area (Å²) in [5, 5.41) is 6.58. The van der Waals surface area contributed by atoms with Gasteiger partial charge in [-0.05, 0) is 11.8 Å². The average Bonchev–Trinajstić information content (AvgIpc) is 2.26. The van der Waals surface area contributed by atoms with Crippen molar-refractivity contribution < 1.29 is 4.74 Å². The summed E-state index contributed by atoms with van der Waals surface area (Å²) in [6.45, 7) is 10.4. The standard InChI is InChI=1S/C13H29N3O/c1-7-8-9-15-12(14-5)16-10-11(17-6)13(2,3)4/h11H,7-10H2,1-6H3,(H2,14,15,16). The van der Waals surface area contributed by atoms with E-state index < -0.39 is 0 Å². The van der Waals surface area contributed by atoms with Crippen molar-refractivity contribution in [3.8, 4) is 0 Å². The lowest BCUT2D eigenvalue weighted by Crippen LogP contribution is -2.45. The molecule has 1 unspecified atom stereocenters. The highest BCUT2D eigenvalue weighted by atomic mass is 16.5. The van der Waals surface area contributed by atoms with Crippen LogP contribution in [-0.4, -0.2) is 39.3 Å². The number of rotatable bonds is 6. The largest absolute Gasteiger partial charge is 0.379 e. The summed E-state index contributed by atoms with van der Waals surface area (Å²) in [7, 11) is 3.55. The molecule has 0 saturated heterocycles. The lowest BCUT2D eigenvalue weighted by molar-refractivity contribution is 0.0205. The summed E-state index contributed by atoms with van der Waals surface area (Å²) in [4.78, 5) is 4.19. The van der Waals surface area contributed by atoms with Gasteiger partial charge in [-0.3, -0.25) is 4.99 Å². The molecular formula is C13H29N3O. The zero-order chi connectivity index (χ0) is 13.3. The van der Waals surface area contributed by atoms with Gasteiger partial charge in [-0.1, -0.05) is 34.1 Å². The molecule has 0 fully saturated rings. The highest BCUT2D eigenvalue weighted by Gasteiger charge is 2.24. The van der Waals surface area contributed by atoms with Gasteiger partial charge in [-0.25, -0.2) is 0 Å². The fraction of sp³-hybridized carbons (Fsp3) is 0.923. The van der Waals surface area contributed by atoms with Crippen molar-refractivity contribution in [1.29, 1.82) is 0 Å². The van der Waals surface area contributed by atoms with Crippen LogP contribution in [-0.2, 0) is 4.74 Å². The molecule has 0 saturated carbocycles. The lowest BCUT2D eigenvalue weighted by Gasteiger charge is -2.30. The first-order chi connectivity index (χ1) is 7.95. The molecule has 0 aromatic heterocycles. The van der Waals surface area contributed by atoms with Crippen molar-refractivity contribution in [2.75, 3.05) is 27.2 Å². The van der Waals surface area contributed by atoms with Crippen LogP contribution in [0.25, 0.3) is 0 Å². The molecule has 0 amide bonds. The molecule has 17 heavy (non-hydrogen) atoms. The van der Waals surface area contributed by atoms with E-state index in [9.17, 15) is 0 Å². The van der Waals surface area contributed by atoms with E-state index in [1.54, 1.807) is 14.2 Å². The third kappa shape index (κ3) is 7.21. The number of hydrogen-bond donors (Lipinski definition) is 2. The van der Waals surface area contributed by atoms with Gasteiger partial charge in [0.2, 0.25) is 0 Å². The molecule has 4 heteroatoms. The average molecular weight is 243 g/mol. The fourth-order valence-corrected chi connectivity index (χ4v) is 1.54. The smallest absolute Gasteiger partial charge is 0.191 e. The number of methoxy groups -OCH3 is 1. The molecule has 0 aliphatic heterocycles. The fourth-order valence-electron chi connectivity index (χ4n) is 1.54. The Balaban J connectivity index is 4.05. The van der Waals surface area contributed by atoms with Crippen molar-refractivity contribution in [3.63, 3.8) is 0 Å². The molecule has 0 aliphatic rings. The summed E-state index contributed by atoms with van der Waals surface area (Å²) < 4.78 is 5.49. The summed E-state index contributed by atoms with van der Waals surface area (Å²) in [6, 6.07) is 0. The van der Waals surface area contributed by atoms with Crippen LogP contribution in [0.4, 0.5) is 0 Å². The molecule has 0 spiro atoms. The molecule has 0 aromatic carbocycles. The Labute approximate surface area is 106 Å². The minimum Gasteiger partial charge on any atom is -0.379 e. The number of aliphatic imine (C=N–C) groups is 1. The second kappa shape index (κ2) is 8.34. The van der Waals surface area contributed by atoms with Gasteiger partial charge < -0.3 is 15.4 Å². The Morgan fingerprint density at radius 3 is 2.35 bits per heavy atom. The molecule has 0 heterocycles. The zero-order valence-corrected chi connectivity index (χ0v) is 12.3. The number of ether oxygens (including phenoxy) is 1. The molecule has 1 atom stereocenters. The van der Waals surface area contributed by atoms with Gasteiger partial charge in [0.05, 0.1) is 6.10 Å². The number of hydrogen-bond acceptors (Lipinski definition) is 2. The first-order valence-electron chi connectivity index (χ1n) is 6.43. The predicted molar refractivity (Wildman–Crippen MR) is 74.5 cm³/mol. The quantitative estimate of drug-likeness (QED) is 0.426. The maximum absolute atomic E-state index is 5.49. The number of guanidine groups is 1. The van der Waals surface area contributed by atoms with E-state index in [1.165, 1.54) is 6.42 Å². The Kier molecular flexibility index (Phi) is 7.96. The van der Waals surface area contributed by atoms with Crippen LogP contribution in [0, 0.1) is 5.41 Å². The van der Waals surface area contributed by atoms with E-state index in [4.69, 9.17) is 4.74 Å². The summed E-state index contributed by atoms with van der Waals surface area (Å²) in [5.74, 6) is 0.852. The lowest BCUT2D eigenvalue weighted by atomic mass is 9.89. The van der Waals surface area contributed by atoms with Gasteiger partial charge in [0.1, 0.15) is 0 Å². The Morgan fingerprint density at radius 1 is 1.29 bits per heavy atom. The van der Waals surface area contributed by atoms with E-state index in [-0.39, 0.29) is 11.5 Å². The summed E-state index contributed by atoms with van der Waals surface area (Å²) in [5.41, 5.74) is 0.129. The molecule has 0 aliphatic carbocycles. The maximum atomic E-state index is 5.49. The normalized spacial score (nSPS) is 14.6. The van der Waals surface area contributed by atoms with Crippen molar-refractivity contribution in [2.45, 2.75) is 46.6 Å². The van der Waals surface area contributed by atoms with Gasteiger partial charge in [-0.2, -0.15) is 0 Å². The highest BCUT2D eigenvalue weighted by molar-refractivity contribution is 5.79. The van der Waals surface area contributed by atoms with Crippen LogP contribution in [0.3, 0.4) is 0 Å². The van der Waals surface area contributed by atoms with E-state index in [0.29, 0.717) is 0 Å². The van der Waals surface area contributed by atoms with E-state index in [0.717, 1.165) is 25.5 Å². The zero-order valence-electron chi connectivity index (χ0n) is 12.3. The third-order valence-electron chi connectivity index (χ3n) is 2.75. The molecule has 102 valence electrons. The van der Waals surface area contributed by atoms with Gasteiger partial charge in [-0.15, -0.1) is 0 Å². The Hall–Kier alpha value is -0.770. The van der Waals surface area contributed by atoms with Crippen LogP contribution in [0.15, 0.2) is 4.99 Å². The van der Waals surface area contributed by atoms with E-state index in [1.807, 2.05) is 0 Å². The Morgan fingerprint density at radius 2 is 1.94 bits per heavy atom. The number of unbranched alkanes of at least 4 members (excludes halogenated alkanes) is 1. The molecule has 4 nitrogen and oxygen atoms in total. The van der Waals surface area contributed by atoms with Crippen LogP contribution in [0.2, 0.25) is 0 Å². The van der Waals surface area contributed by atoms with Crippen LogP contribution in [0.5, 0.6) is 0 Å². The van der Waals surface area contributed by atoms with Crippen molar-refractivity contribution in [3.05, 3.63) is 0 Å². The van der Waals surface area contributed by atoms with Crippen LogP contribution >= 0.6 is 0 Å². The van der Waals surface area contributed by atoms with Crippen LogP contribution in [0.1, 0.15) is 40.5 Å². The second-order valence-electron chi connectivity index (χ2n) is 5.32. The van der Waals surface area contributed by atoms with E-state index >= 15 is 0 Å². The minimum absolute atomic E-state index is 0.129. The minimum atomic E-state index is 0.129. The van der Waals surface area contributed by atoms with Gasteiger partial charge in [0.15, 0.2) is 5.96 Å². The topological polar surface area (TPSA) is 45.7 Å². The Bertz CT molecular complexity index is 221. The van der Waals surface area contributed by atoms with E-state index in [2.05, 4.69) is 43.3 Å². The van der Waals surface area contributed by atoms with Crippen molar-refractivity contribution in [1.82, 2.24) is 10.6 Å². The van der Waals surface area contributed by atoms with Gasteiger partial charge in [0.25, 0.3) is 0 Å². The first-order valence-corrected chi connectivity index (χ1v) is 6.43. The number of nitrogens with one attached hydrogen (secondary N) is 2. The molecule has 0 aromatic rings. The molecule has 0 rings (SSSR count). The maximum Gasteiger partial charge on any atom is 0.191 e. The molecule has 0 radical (unpaired) electrons. The molecule has 2 N–H and O–H groups in total.